The lowest BCUT2D eigenvalue weighted by Crippen LogP contribution is -2.24. The predicted molar refractivity (Wildman–Crippen MR) is 85.0 cm³/mol. The van der Waals surface area contributed by atoms with Crippen LogP contribution in [0.25, 0.3) is 0 Å². The highest BCUT2D eigenvalue weighted by Crippen LogP contribution is 2.27. The van der Waals surface area contributed by atoms with Crippen molar-refractivity contribution in [3.63, 3.8) is 0 Å². The van der Waals surface area contributed by atoms with Gasteiger partial charge in [0.25, 0.3) is 0 Å². The first-order valence-electron chi connectivity index (χ1n) is 7.93. The van der Waals surface area contributed by atoms with Crippen molar-refractivity contribution in [3.05, 3.63) is 35.4 Å². The van der Waals surface area contributed by atoms with Gasteiger partial charge in [-0.3, -0.25) is 4.79 Å². The summed E-state index contributed by atoms with van der Waals surface area (Å²) in [6.45, 7) is 7.76. The Balaban J connectivity index is 1.69. The second-order valence-corrected chi connectivity index (χ2v) is 6.98. The van der Waals surface area contributed by atoms with Crippen LogP contribution in [-0.4, -0.2) is 18.1 Å². The summed E-state index contributed by atoms with van der Waals surface area (Å²) in [5.74, 6) is 0.788. The van der Waals surface area contributed by atoms with Crippen LogP contribution in [0.15, 0.2) is 24.3 Å². The van der Waals surface area contributed by atoms with E-state index in [4.69, 9.17) is 4.74 Å². The standard InChI is InChI=1S/C18H27NO2/c1-18(2,3)21-17(20)11-10-14-4-6-15(7-5-14)12-19-13-16-8-9-16/h4-7,16,19H,8-13H2,1-3H3. The number of benzene rings is 1. The first-order valence-corrected chi connectivity index (χ1v) is 7.93. The molecule has 0 saturated heterocycles. The fourth-order valence-corrected chi connectivity index (χ4v) is 2.21. The number of aryl methyl sites for hydroxylation is 1. The minimum Gasteiger partial charge on any atom is -0.460 e. The fraction of sp³-hybridized carbons (Fsp3) is 0.611. The molecule has 0 heterocycles. The van der Waals surface area contributed by atoms with E-state index >= 15 is 0 Å². The van der Waals surface area contributed by atoms with Crippen LogP contribution in [0.3, 0.4) is 0 Å². The van der Waals surface area contributed by atoms with Crippen molar-refractivity contribution in [2.75, 3.05) is 6.54 Å². The van der Waals surface area contributed by atoms with Gasteiger partial charge in [-0.1, -0.05) is 24.3 Å². The van der Waals surface area contributed by atoms with Crippen molar-refractivity contribution in [2.45, 2.75) is 58.6 Å². The third kappa shape index (κ3) is 6.76. The van der Waals surface area contributed by atoms with E-state index in [2.05, 4.69) is 29.6 Å². The summed E-state index contributed by atoms with van der Waals surface area (Å²) in [5, 5.41) is 3.48. The molecular formula is C18H27NO2. The Morgan fingerprint density at radius 1 is 1.19 bits per heavy atom. The number of hydrogen-bond acceptors (Lipinski definition) is 3. The van der Waals surface area contributed by atoms with Crippen LogP contribution in [0.2, 0.25) is 0 Å². The number of hydrogen-bond donors (Lipinski definition) is 1. The van der Waals surface area contributed by atoms with Gasteiger partial charge in [-0.05, 0) is 63.6 Å². The average molecular weight is 289 g/mol. The molecule has 0 spiro atoms. The van der Waals surface area contributed by atoms with Gasteiger partial charge >= 0.3 is 5.97 Å². The lowest BCUT2D eigenvalue weighted by molar-refractivity contribution is -0.154. The summed E-state index contributed by atoms with van der Waals surface area (Å²) in [6.07, 6.45) is 3.95. The van der Waals surface area contributed by atoms with Crippen LogP contribution in [-0.2, 0) is 22.5 Å². The molecule has 0 atom stereocenters. The quantitative estimate of drug-likeness (QED) is 0.781. The molecule has 21 heavy (non-hydrogen) atoms. The number of esters is 1. The van der Waals surface area contributed by atoms with Crippen LogP contribution >= 0.6 is 0 Å². The maximum absolute atomic E-state index is 11.7. The molecule has 1 aromatic carbocycles. The van der Waals surface area contributed by atoms with Crippen LogP contribution in [0, 0.1) is 5.92 Å². The highest BCUT2D eigenvalue weighted by Gasteiger charge is 2.20. The molecule has 0 amide bonds. The molecule has 1 N–H and O–H groups in total. The first kappa shape index (κ1) is 16.0. The number of nitrogens with one attached hydrogen (secondary N) is 1. The summed E-state index contributed by atoms with van der Waals surface area (Å²) in [6, 6.07) is 8.51. The zero-order valence-electron chi connectivity index (χ0n) is 13.4. The lowest BCUT2D eigenvalue weighted by Gasteiger charge is -2.19. The normalized spacial score (nSPS) is 15.0. The molecule has 0 unspecified atom stereocenters. The predicted octanol–water partition coefficient (Wildman–Crippen LogP) is 3.46. The Kier molecular flexibility index (Phi) is 5.40. The van der Waals surface area contributed by atoms with Gasteiger partial charge in [0, 0.05) is 13.0 Å². The maximum atomic E-state index is 11.7. The Morgan fingerprint density at radius 3 is 2.38 bits per heavy atom. The van der Waals surface area contributed by atoms with E-state index in [-0.39, 0.29) is 5.97 Å². The molecule has 3 nitrogen and oxygen atoms in total. The van der Waals surface area contributed by atoms with Gasteiger partial charge in [0.05, 0.1) is 0 Å². The van der Waals surface area contributed by atoms with Gasteiger partial charge in [0.2, 0.25) is 0 Å². The maximum Gasteiger partial charge on any atom is 0.306 e. The molecule has 2 rings (SSSR count). The third-order valence-electron chi connectivity index (χ3n) is 3.52. The topological polar surface area (TPSA) is 38.3 Å². The molecule has 0 bridgehead atoms. The second-order valence-electron chi connectivity index (χ2n) is 6.98. The van der Waals surface area contributed by atoms with Gasteiger partial charge in [-0.15, -0.1) is 0 Å². The number of rotatable bonds is 7. The van der Waals surface area contributed by atoms with E-state index in [9.17, 15) is 4.79 Å². The van der Waals surface area contributed by atoms with Crippen LogP contribution in [0.4, 0.5) is 0 Å². The zero-order valence-corrected chi connectivity index (χ0v) is 13.4. The average Bonchev–Trinajstić information content (AvgIpc) is 3.20. The van der Waals surface area contributed by atoms with Gasteiger partial charge in [0.1, 0.15) is 5.60 Å². The highest BCUT2D eigenvalue weighted by molar-refractivity contribution is 5.70. The molecule has 1 saturated carbocycles. The highest BCUT2D eigenvalue weighted by atomic mass is 16.6. The number of carbonyl (C=O) groups excluding carboxylic acids is 1. The molecule has 0 radical (unpaired) electrons. The summed E-state index contributed by atoms with van der Waals surface area (Å²) in [5.41, 5.74) is 2.09. The van der Waals surface area contributed by atoms with Gasteiger partial charge in [-0.25, -0.2) is 0 Å². The van der Waals surface area contributed by atoms with E-state index in [1.807, 2.05) is 20.8 Å². The number of ether oxygens (including phenoxy) is 1. The monoisotopic (exact) mass is 289 g/mol. The van der Waals surface area contributed by atoms with Crippen molar-refractivity contribution in [3.8, 4) is 0 Å². The van der Waals surface area contributed by atoms with Gasteiger partial charge in [-0.2, -0.15) is 0 Å². The fourth-order valence-electron chi connectivity index (χ4n) is 2.21. The van der Waals surface area contributed by atoms with Crippen molar-refractivity contribution in [1.29, 1.82) is 0 Å². The molecule has 1 fully saturated rings. The second kappa shape index (κ2) is 7.08. The molecule has 1 aliphatic carbocycles. The lowest BCUT2D eigenvalue weighted by atomic mass is 10.1. The van der Waals surface area contributed by atoms with Crippen molar-refractivity contribution in [2.24, 2.45) is 5.92 Å². The first-order chi connectivity index (χ1) is 9.92. The molecule has 116 valence electrons. The molecular weight excluding hydrogens is 262 g/mol. The number of carbonyl (C=O) groups is 1. The van der Waals surface area contributed by atoms with Crippen LogP contribution < -0.4 is 5.32 Å². The summed E-state index contributed by atoms with van der Waals surface area (Å²) < 4.78 is 5.32. The van der Waals surface area contributed by atoms with Crippen LogP contribution in [0.5, 0.6) is 0 Å². The molecule has 0 aliphatic heterocycles. The third-order valence-corrected chi connectivity index (χ3v) is 3.52. The van der Waals surface area contributed by atoms with E-state index in [0.29, 0.717) is 6.42 Å². The molecule has 1 aromatic rings. The van der Waals surface area contributed by atoms with Crippen molar-refractivity contribution in [1.82, 2.24) is 5.32 Å². The SMILES string of the molecule is CC(C)(C)OC(=O)CCc1ccc(CNCC2CC2)cc1. The van der Waals surface area contributed by atoms with E-state index in [0.717, 1.165) is 25.4 Å². The van der Waals surface area contributed by atoms with E-state index in [1.54, 1.807) is 0 Å². The molecule has 3 heteroatoms. The van der Waals surface area contributed by atoms with Crippen LogP contribution in [0.1, 0.15) is 51.2 Å². The summed E-state index contributed by atoms with van der Waals surface area (Å²) in [7, 11) is 0. The molecule has 0 aromatic heterocycles. The Hall–Kier alpha value is -1.35. The van der Waals surface area contributed by atoms with E-state index < -0.39 is 5.60 Å². The van der Waals surface area contributed by atoms with Gasteiger partial charge in [0.15, 0.2) is 0 Å². The minimum absolute atomic E-state index is 0.127. The largest absolute Gasteiger partial charge is 0.460 e. The Labute approximate surface area is 128 Å². The molecule has 1 aliphatic rings. The minimum atomic E-state index is -0.395. The summed E-state index contributed by atoms with van der Waals surface area (Å²) >= 11 is 0. The summed E-state index contributed by atoms with van der Waals surface area (Å²) in [4.78, 5) is 11.7. The van der Waals surface area contributed by atoms with Crippen molar-refractivity contribution >= 4 is 5.97 Å². The van der Waals surface area contributed by atoms with Crippen molar-refractivity contribution < 1.29 is 9.53 Å². The zero-order chi connectivity index (χ0) is 15.3. The Bertz CT molecular complexity index is 455. The van der Waals surface area contributed by atoms with Gasteiger partial charge < -0.3 is 10.1 Å². The smallest absolute Gasteiger partial charge is 0.306 e. The Morgan fingerprint density at radius 2 is 1.81 bits per heavy atom. The van der Waals surface area contributed by atoms with E-state index in [1.165, 1.54) is 24.0 Å².